The Hall–Kier alpha value is -2.95. The number of anilines is 1. The van der Waals surface area contributed by atoms with Crippen molar-refractivity contribution < 1.29 is 4.79 Å². The summed E-state index contributed by atoms with van der Waals surface area (Å²) in [5, 5.41) is 3.44. The number of nitrogens with one attached hydrogen (secondary N) is 1. The smallest absolute Gasteiger partial charge is 0.162 e. The third-order valence-electron chi connectivity index (χ3n) is 7.26. The average molecular weight is 454 g/mol. The van der Waals surface area contributed by atoms with Crippen molar-refractivity contribution in [2.45, 2.75) is 25.7 Å². The molecule has 0 amide bonds. The van der Waals surface area contributed by atoms with E-state index in [-0.39, 0.29) is 5.78 Å². The van der Waals surface area contributed by atoms with Crippen LogP contribution in [0.3, 0.4) is 0 Å². The van der Waals surface area contributed by atoms with Crippen LogP contribution in [-0.2, 0) is 12.8 Å². The molecule has 1 saturated heterocycles. The number of Topliss-reactive ketones (excluding diaryl/α,β-unsaturated/α-hetero) is 1. The minimum Gasteiger partial charge on any atom is -0.369 e. The van der Waals surface area contributed by atoms with Crippen molar-refractivity contribution in [2.75, 3.05) is 50.7 Å². The zero-order chi connectivity index (χ0) is 23.2. The van der Waals surface area contributed by atoms with Crippen LogP contribution in [0.15, 0.2) is 72.8 Å². The number of ketones is 1. The summed E-state index contributed by atoms with van der Waals surface area (Å²) in [5.41, 5.74) is 7.46. The van der Waals surface area contributed by atoms with Gasteiger partial charge in [-0.05, 0) is 79.3 Å². The van der Waals surface area contributed by atoms with E-state index in [9.17, 15) is 4.79 Å². The second-order valence-electron chi connectivity index (χ2n) is 9.50. The van der Waals surface area contributed by atoms with E-state index in [1.165, 1.54) is 27.9 Å². The number of fused-ring (bicyclic) bond motifs is 1. The Kier molecular flexibility index (Phi) is 7.37. The number of benzene rings is 3. The lowest BCUT2D eigenvalue weighted by molar-refractivity contribution is 0.0974. The van der Waals surface area contributed by atoms with E-state index < -0.39 is 0 Å². The Bertz CT molecular complexity index is 1090. The Balaban J connectivity index is 1.07. The summed E-state index contributed by atoms with van der Waals surface area (Å²) < 4.78 is 0. The lowest BCUT2D eigenvalue weighted by Crippen LogP contribution is -2.46. The van der Waals surface area contributed by atoms with Gasteiger partial charge >= 0.3 is 0 Å². The summed E-state index contributed by atoms with van der Waals surface area (Å²) in [6, 6.07) is 25.8. The molecule has 4 nitrogen and oxygen atoms in total. The van der Waals surface area contributed by atoms with E-state index >= 15 is 0 Å². The van der Waals surface area contributed by atoms with Gasteiger partial charge < -0.3 is 10.2 Å². The molecule has 0 radical (unpaired) electrons. The van der Waals surface area contributed by atoms with Crippen LogP contribution in [0.25, 0.3) is 11.1 Å². The SMILES string of the molecule is O=C(CCCN1CCN(c2ccc(-c3ccccc3)cc2)CC1)c1ccc2c(c1)CCNCC2. The van der Waals surface area contributed by atoms with Crippen LogP contribution in [-0.4, -0.2) is 56.5 Å². The van der Waals surface area contributed by atoms with Gasteiger partial charge in [0, 0.05) is 43.9 Å². The quantitative estimate of drug-likeness (QED) is 0.520. The molecular weight excluding hydrogens is 418 g/mol. The van der Waals surface area contributed by atoms with Crippen molar-refractivity contribution in [1.29, 1.82) is 0 Å². The highest BCUT2D eigenvalue weighted by atomic mass is 16.1. The van der Waals surface area contributed by atoms with E-state index in [0.717, 1.165) is 70.6 Å². The molecule has 34 heavy (non-hydrogen) atoms. The first-order valence-electron chi connectivity index (χ1n) is 12.7. The maximum absolute atomic E-state index is 12.8. The predicted molar refractivity (Wildman–Crippen MR) is 141 cm³/mol. The minimum absolute atomic E-state index is 0.289. The third kappa shape index (κ3) is 5.57. The number of rotatable bonds is 7. The van der Waals surface area contributed by atoms with Gasteiger partial charge in [0.05, 0.1) is 0 Å². The number of carbonyl (C=O) groups excluding carboxylic acids is 1. The highest BCUT2D eigenvalue weighted by Crippen LogP contribution is 2.24. The second kappa shape index (κ2) is 11.0. The molecule has 1 N–H and O–H groups in total. The summed E-state index contributed by atoms with van der Waals surface area (Å²) in [4.78, 5) is 17.8. The van der Waals surface area contributed by atoms with Crippen LogP contribution in [0.1, 0.15) is 34.3 Å². The molecule has 0 spiro atoms. The lowest BCUT2D eigenvalue weighted by atomic mass is 9.97. The van der Waals surface area contributed by atoms with E-state index in [4.69, 9.17) is 0 Å². The molecule has 3 aromatic carbocycles. The minimum atomic E-state index is 0.289. The molecule has 2 aliphatic rings. The molecule has 176 valence electrons. The van der Waals surface area contributed by atoms with Gasteiger partial charge in [0.2, 0.25) is 0 Å². The van der Waals surface area contributed by atoms with Gasteiger partial charge in [-0.15, -0.1) is 0 Å². The summed E-state index contributed by atoms with van der Waals surface area (Å²) in [6.07, 6.45) is 3.66. The molecule has 0 saturated carbocycles. The highest BCUT2D eigenvalue weighted by molar-refractivity contribution is 5.96. The predicted octanol–water partition coefficient (Wildman–Crippen LogP) is 4.83. The van der Waals surface area contributed by atoms with Gasteiger partial charge in [0.25, 0.3) is 0 Å². The average Bonchev–Trinajstić information content (AvgIpc) is 3.15. The number of hydrogen-bond acceptors (Lipinski definition) is 4. The molecule has 3 aromatic rings. The molecule has 0 aliphatic carbocycles. The summed E-state index contributed by atoms with van der Waals surface area (Å²) >= 11 is 0. The van der Waals surface area contributed by atoms with Gasteiger partial charge in [-0.3, -0.25) is 9.69 Å². The maximum atomic E-state index is 12.8. The van der Waals surface area contributed by atoms with Crippen molar-refractivity contribution in [1.82, 2.24) is 10.2 Å². The molecule has 4 heteroatoms. The second-order valence-corrected chi connectivity index (χ2v) is 9.50. The van der Waals surface area contributed by atoms with E-state index in [1.54, 1.807) is 0 Å². The summed E-state index contributed by atoms with van der Waals surface area (Å²) in [7, 11) is 0. The van der Waals surface area contributed by atoms with Crippen LogP contribution < -0.4 is 10.2 Å². The van der Waals surface area contributed by atoms with Gasteiger partial charge in [-0.25, -0.2) is 0 Å². The van der Waals surface area contributed by atoms with Gasteiger partial charge in [0.15, 0.2) is 5.78 Å². The molecule has 0 atom stereocenters. The molecule has 0 bridgehead atoms. The van der Waals surface area contributed by atoms with Crippen LogP contribution >= 0.6 is 0 Å². The van der Waals surface area contributed by atoms with Crippen LogP contribution in [0, 0.1) is 0 Å². The van der Waals surface area contributed by atoms with E-state index in [1.807, 2.05) is 6.07 Å². The number of carbonyl (C=O) groups is 1. The Morgan fingerprint density at radius 1 is 0.765 bits per heavy atom. The normalized spacial score (nSPS) is 16.6. The van der Waals surface area contributed by atoms with Crippen molar-refractivity contribution in [2.24, 2.45) is 0 Å². The zero-order valence-corrected chi connectivity index (χ0v) is 20.0. The summed E-state index contributed by atoms with van der Waals surface area (Å²) in [5.74, 6) is 0.289. The van der Waals surface area contributed by atoms with Crippen molar-refractivity contribution in [3.63, 3.8) is 0 Å². The molecule has 0 unspecified atom stereocenters. The molecular formula is C30H35N3O. The first kappa shape index (κ1) is 22.8. The van der Waals surface area contributed by atoms with Crippen molar-refractivity contribution in [3.8, 4) is 11.1 Å². The molecule has 5 rings (SSSR count). The fraction of sp³-hybridized carbons (Fsp3) is 0.367. The van der Waals surface area contributed by atoms with Crippen LogP contribution in [0.4, 0.5) is 5.69 Å². The van der Waals surface area contributed by atoms with Crippen molar-refractivity contribution in [3.05, 3.63) is 89.5 Å². The number of hydrogen-bond donors (Lipinski definition) is 1. The Labute approximate surface area is 203 Å². The van der Waals surface area contributed by atoms with E-state index in [0.29, 0.717) is 6.42 Å². The standard InChI is InChI=1S/C30H35N3O/c34-30(28-9-8-26-14-16-31-17-15-27(26)23-28)7-4-18-32-19-21-33(22-20-32)29-12-10-25(11-13-29)24-5-2-1-3-6-24/h1-3,5-6,8-13,23,31H,4,7,14-22H2. The van der Waals surface area contributed by atoms with E-state index in [2.05, 4.69) is 81.8 Å². The fourth-order valence-corrected chi connectivity index (χ4v) is 5.18. The Morgan fingerprint density at radius 3 is 2.24 bits per heavy atom. The lowest BCUT2D eigenvalue weighted by Gasteiger charge is -2.36. The highest BCUT2D eigenvalue weighted by Gasteiger charge is 2.18. The number of nitrogens with zero attached hydrogens (tertiary/aromatic N) is 2. The molecule has 2 heterocycles. The molecule has 1 fully saturated rings. The fourth-order valence-electron chi connectivity index (χ4n) is 5.18. The first-order valence-corrected chi connectivity index (χ1v) is 12.7. The van der Waals surface area contributed by atoms with Gasteiger partial charge in [-0.1, -0.05) is 54.6 Å². The molecule has 2 aliphatic heterocycles. The summed E-state index contributed by atoms with van der Waals surface area (Å²) in [6.45, 7) is 7.23. The van der Waals surface area contributed by atoms with Crippen LogP contribution in [0.5, 0.6) is 0 Å². The van der Waals surface area contributed by atoms with Gasteiger partial charge in [-0.2, -0.15) is 0 Å². The monoisotopic (exact) mass is 453 g/mol. The van der Waals surface area contributed by atoms with Gasteiger partial charge in [0.1, 0.15) is 0 Å². The number of piperazine rings is 1. The third-order valence-corrected chi connectivity index (χ3v) is 7.26. The zero-order valence-electron chi connectivity index (χ0n) is 20.0. The van der Waals surface area contributed by atoms with Crippen LogP contribution in [0.2, 0.25) is 0 Å². The Morgan fingerprint density at radius 2 is 1.47 bits per heavy atom. The topological polar surface area (TPSA) is 35.6 Å². The first-order chi connectivity index (χ1) is 16.8. The van der Waals surface area contributed by atoms with Crippen molar-refractivity contribution >= 4 is 11.5 Å². The molecule has 0 aromatic heterocycles. The largest absolute Gasteiger partial charge is 0.369 e. The maximum Gasteiger partial charge on any atom is 0.162 e.